The fraction of sp³-hybridized carbons (Fsp3) is 0.800. The molecule has 1 saturated carbocycles. The van der Waals surface area contributed by atoms with Crippen molar-refractivity contribution in [2.24, 2.45) is 18.7 Å². The van der Waals surface area contributed by atoms with Gasteiger partial charge in [-0.3, -0.25) is 9.69 Å². The molecule has 1 aliphatic rings. The molecule has 3 N–H and O–H groups in total. The molecule has 0 radical (unpaired) electrons. The lowest BCUT2D eigenvalue weighted by Crippen LogP contribution is -2.47. The Morgan fingerprint density at radius 2 is 2.14 bits per heavy atom. The third-order valence-electron chi connectivity index (χ3n) is 4.57. The predicted octanol–water partition coefficient (Wildman–Crippen LogP) is 0.189. The molecule has 0 aromatic carbocycles. The predicted molar refractivity (Wildman–Crippen MR) is 85.0 cm³/mol. The van der Waals surface area contributed by atoms with Gasteiger partial charge in [-0.05, 0) is 39.3 Å². The normalized spacial score (nSPS) is 22.0. The van der Waals surface area contributed by atoms with Crippen molar-refractivity contribution in [3.05, 3.63) is 11.6 Å². The van der Waals surface area contributed by atoms with Gasteiger partial charge in [0.05, 0.1) is 13.1 Å². The Morgan fingerprint density at radius 3 is 2.77 bits per heavy atom. The molecule has 1 fully saturated rings. The molecule has 0 bridgehead atoms. The summed E-state index contributed by atoms with van der Waals surface area (Å²) in [6.07, 6.45) is 4.56. The SMILES string of the molecule is Cc1nnc(CN(C)CC(=O)NC2CCCCC2CN)n1C. The lowest BCUT2D eigenvalue weighted by Gasteiger charge is -2.31. The van der Waals surface area contributed by atoms with Gasteiger partial charge in [-0.15, -0.1) is 10.2 Å². The summed E-state index contributed by atoms with van der Waals surface area (Å²) < 4.78 is 1.94. The molecular weight excluding hydrogens is 280 g/mol. The van der Waals surface area contributed by atoms with Gasteiger partial charge in [-0.2, -0.15) is 0 Å². The number of carbonyl (C=O) groups is 1. The van der Waals surface area contributed by atoms with Gasteiger partial charge in [0.1, 0.15) is 11.6 Å². The highest BCUT2D eigenvalue weighted by molar-refractivity contribution is 5.78. The Morgan fingerprint density at radius 1 is 1.41 bits per heavy atom. The fourth-order valence-electron chi connectivity index (χ4n) is 3.06. The van der Waals surface area contributed by atoms with Crippen molar-refractivity contribution in [3.63, 3.8) is 0 Å². The largest absolute Gasteiger partial charge is 0.352 e. The Bertz CT molecular complexity index is 500. The van der Waals surface area contributed by atoms with Crippen LogP contribution in [-0.2, 0) is 18.4 Å². The van der Waals surface area contributed by atoms with E-state index >= 15 is 0 Å². The zero-order chi connectivity index (χ0) is 16.1. The molecule has 2 atom stereocenters. The van der Waals surface area contributed by atoms with Crippen molar-refractivity contribution in [2.45, 2.75) is 45.2 Å². The van der Waals surface area contributed by atoms with Crippen molar-refractivity contribution in [1.29, 1.82) is 0 Å². The molecular formula is C15H28N6O. The van der Waals surface area contributed by atoms with Gasteiger partial charge in [0, 0.05) is 13.1 Å². The number of nitrogens with one attached hydrogen (secondary N) is 1. The van der Waals surface area contributed by atoms with Gasteiger partial charge in [-0.25, -0.2) is 0 Å². The summed E-state index contributed by atoms with van der Waals surface area (Å²) in [5.74, 6) is 2.22. The van der Waals surface area contributed by atoms with E-state index in [2.05, 4.69) is 15.5 Å². The Labute approximate surface area is 132 Å². The lowest BCUT2D eigenvalue weighted by atomic mass is 9.84. The van der Waals surface area contributed by atoms with E-state index < -0.39 is 0 Å². The maximum Gasteiger partial charge on any atom is 0.234 e. The van der Waals surface area contributed by atoms with E-state index in [9.17, 15) is 4.79 Å². The number of aromatic nitrogens is 3. The summed E-state index contributed by atoms with van der Waals surface area (Å²) in [5, 5.41) is 11.3. The van der Waals surface area contributed by atoms with Crippen LogP contribution < -0.4 is 11.1 Å². The van der Waals surface area contributed by atoms with Crippen molar-refractivity contribution in [2.75, 3.05) is 20.1 Å². The highest BCUT2D eigenvalue weighted by atomic mass is 16.2. The lowest BCUT2D eigenvalue weighted by molar-refractivity contribution is -0.123. The molecule has 7 nitrogen and oxygen atoms in total. The van der Waals surface area contributed by atoms with E-state index in [1.165, 1.54) is 12.8 Å². The van der Waals surface area contributed by atoms with Gasteiger partial charge in [0.15, 0.2) is 0 Å². The number of rotatable bonds is 6. The van der Waals surface area contributed by atoms with Gasteiger partial charge < -0.3 is 15.6 Å². The molecule has 0 aliphatic heterocycles. The molecule has 0 saturated heterocycles. The summed E-state index contributed by atoms with van der Waals surface area (Å²) in [4.78, 5) is 14.2. The molecule has 1 amide bonds. The first kappa shape index (κ1) is 16.9. The number of nitrogens with zero attached hydrogens (tertiary/aromatic N) is 4. The van der Waals surface area contributed by atoms with Crippen molar-refractivity contribution >= 4 is 5.91 Å². The number of likely N-dealkylation sites (N-methyl/N-ethyl adjacent to an activating group) is 1. The van der Waals surface area contributed by atoms with Crippen molar-refractivity contribution in [1.82, 2.24) is 25.0 Å². The quantitative estimate of drug-likeness (QED) is 0.783. The smallest absolute Gasteiger partial charge is 0.234 e. The first-order valence-corrected chi connectivity index (χ1v) is 8.04. The average molecular weight is 308 g/mol. The minimum atomic E-state index is 0.0618. The maximum absolute atomic E-state index is 12.2. The average Bonchev–Trinajstić information content (AvgIpc) is 2.79. The highest BCUT2D eigenvalue weighted by Gasteiger charge is 2.25. The molecule has 1 aromatic heterocycles. The number of carbonyl (C=O) groups excluding carboxylic acids is 1. The number of hydrogen-bond donors (Lipinski definition) is 2. The van der Waals surface area contributed by atoms with Crippen LogP contribution in [0.5, 0.6) is 0 Å². The molecule has 2 unspecified atom stereocenters. The van der Waals surface area contributed by atoms with Crippen LogP contribution in [-0.4, -0.2) is 51.8 Å². The van der Waals surface area contributed by atoms with Crippen LogP contribution in [0.1, 0.15) is 37.3 Å². The van der Waals surface area contributed by atoms with Crippen LogP contribution in [0.3, 0.4) is 0 Å². The summed E-state index contributed by atoms with van der Waals surface area (Å²) in [6.45, 7) is 3.54. The molecule has 1 aliphatic carbocycles. The molecule has 1 aromatic rings. The van der Waals surface area contributed by atoms with E-state index in [1.54, 1.807) is 0 Å². The van der Waals surface area contributed by atoms with Gasteiger partial charge >= 0.3 is 0 Å². The molecule has 2 rings (SSSR count). The number of nitrogens with two attached hydrogens (primary N) is 1. The van der Waals surface area contributed by atoms with Crippen molar-refractivity contribution in [3.8, 4) is 0 Å². The van der Waals surface area contributed by atoms with Crippen LogP contribution in [0, 0.1) is 12.8 Å². The van der Waals surface area contributed by atoms with E-state index in [0.717, 1.165) is 24.5 Å². The molecule has 0 spiro atoms. The van der Waals surface area contributed by atoms with Crippen LogP contribution >= 0.6 is 0 Å². The second kappa shape index (κ2) is 7.69. The third kappa shape index (κ3) is 4.27. The number of hydrogen-bond acceptors (Lipinski definition) is 5. The highest BCUT2D eigenvalue weighted by Crippen LogP contribution is 2.23. The van der Waals surface area contributed by atoms with Crippen LogP contribution in [0.4, 0.5) is 0 Å². The second-order valence-corrected chi connectivity index (χ2v) is 6.35. The summed E-state index contributed by atoms with van der Waals surface area (Å²) >= 11 is 0. The van der Waals surface area contributed by atoms with E-state index in [-0.39, 0.29) is 11.9 Å². The molecule has 7 heteroatoms. The standard InChI is InChI=1S/C15H28N6O/c1-11-18-19-14(21(11)3)9-20(2)10-15(22)17-13-7-5-4-6-12(13)8-16/h12-13H,4-10,16H2,1-3H3,(H,17,22). The van der Waals surface area contributed by atoms with Gasteiger partial charge in [0.25, 0.3) is 0 Å². The topological polar surface area (TPSA) is 89.1 Å². The zero-order valence-corrected chi connectivity index (χ0v) is 13.9. The van der Waals surface area contributed by atoms with Crippen LogP contribution in [0.25, 0.3) is 0 Å². The van der Waals surface area contributed by atoms with Gasteiger partial charge in [-0.1, -0.05) is 12.8 Å². The van der Waals surface area contributed by atoms with Crippen molar-refractivity contribution < 1.29 is 4.79 Å². The first-order valence-electron chi connectivity index (χ1n) is 8.04. The first-order chi connectivity index (χ1) is 10.5. The zero-order valence-electron chi connectivity index (χ0n) is 13.9. The summed E-state index contributed by atoms with van der Waals surface area (Å²) in [5.41, 5.74) is 5.81. The van der Waals surface area contributed by atoms with Gasteiger partial charge in [0.2, 0.25) is 5.91 Å². The maximum atomic E-state index is 12.2. The Hall–Kier alpha value is -1.47. The van der Waals surface area contributed by atoms with Crippen LogP contribution in [0.2, 0.25) is 0 Å². The second-order valence-electron chi connectivity index (χ2n) is 6.35. The summed E-state index contributed by atoms with van der Waals surface area (Å²) in [6, 6.07) is 0.233. The Balaban J connectivity index is 1.82. The minimum Gasteiger partial charge on any atom is -0.352 e. The third-order valence-corrected chi connectivity index (χ3v) is 4.57. The number of aryl methyl sites for hydroxylation is 1. The Kier molecular flexibility index (Phi) is 5.90. The van der Waals surface area contributed by atoms with E-state index in [1.807, 2.05) is 30.5 Å². The fourth-order valence-corrected chi connectivity index (χ4v) is 3.06. The van der Waals surface area contributed by atoms with E-state index in [4.69, 9.17) is 5.73 Å². The summed E-state index contributed by atoms with van der Waals surface area (Å²) in [7, 11) is 3.86. The monoisotopic (exact) mass is 308 g/mol. The number of amides is 1. The molecule has 1 heterocycles. The molecule has 22 heavy (non-hydrogen) atoms. The molecule has 124 valence electrons. The van der Waals surface area contributed by atoms with Crippen LogP contribution in [0.15, 0.2) is 0 Å². The minimum absolute atomic E-state index is 0.0618. The van der Waals surface area contributed by atoms with E-state index in [0.29, 0.717) is 25.6 Å².